The quantitative estimate of drug-likeness (QED) is 0.133. The van der Waals surface area contributed by atoms with Gasteiger partial charge >= 0.3 is 6.03 Å². The first-order chi connectivity index (χ1) is 16.9. The van der Waals surface area contributed by atoms with E-state index in [2.05, 4.69) is 27.9 Å². The Kier molecular flexibility index (Phi) is 7.30. The minimum absolute atomic E-state index is 0.00851. The van der Waals surface area contributed by atoms with Crippen LogP contribution in [0.2, 0.25) is 0 Å². The number of amides is 3. The number of carbonyl (C=O) groups excluding carboxylic acids is 2. The first-order valence-corrected chi connectivity index (χ1v) is 11.6. The van der Waals surface area contributed by atoms with E-state index in [0.717, 1.165) is 19.6 Å². The van der Waals surface area contributed by atoms with E-state index in [9.17, 15) is 19.7 Å². The number of non-ortho nitro benzene ring substituents is 1. The average Bonchev–Trinajstić information content (AvgIpc) is 3.11. The fourth-order valence-electron chi connectivity index (χ4n) is 3.48. The number of hydrogen-bond donors (Lipinski definition) is 1. The van der Waals surface area contributed by atoms with Crippen LogP contribution in [0.3, 0.4) is 0 Å². The lowest BCUT2D eigenvalue weighted by atomic mass is 10.1. The van der Waals surface area contributed by atoms with Crippen molar-refractivity contribution in [1.82, 2.24) is 10.2 Å². The SMILES string of the molecule is COc1cc(/C=C2/NC(=O)N(Cc3ccccc3)C2=O)cc(I)c1OCc1ccc([N+](=O)[O-])cc1. The molecule has 1 N–H and O–H groups in total. The molecule has 9 nitrogen and oxygen atoms in total. The van der Waals surface area contributed by atoms with Crippen molar-refractivity contribution in [2.75, 3.05) is 7.11 Å². The van der Waals surface area contributed by atoms with Crippen LogP contribution in [0.25, 0.3) is 6.08 Å². The molecule has 1 saturated heterocycles. The van der Waals surface area contributed by atoms with Crippen molar-refractivity contribution in [2.45, 2.75) is 13.2 Å². The van der Waals surface area contributed by atoms with Crippen molar-refractivity contribution in [3.8, 4) is 11.5 Å². The van der Waals surface area contributed by atoms with Gasteiger partial charge in [-0.25, -0.2) is 4.79 Å². The second-order valence-electron chi connectivity index (χ2n) is 7.61. The van der Waals surface area contributed by atoms with E-state index >= 15 is 0 Å². The summed E-state index contributed by atoms with van der Waals surface area (Å²) in [5.41, 5.74) is 2.44. The molecule has 1 heterocycles. The van der Waals surface area contributed by atoms with Crippen LogP contribution in [0.1, 0.15) is 16.7 Å². The highest BCUT2D eigenvalue weighted by atomic mass is 127. The Morgan fingerprint density at radius 3 is 2.43 bits per heavy atom. The van der Waals surface area contributed by atoms with Crippen LogP contribution in [0.4, 0.5) is 10.5 Å². The third-order valence-electron chi connectivity index (χ3n) is 5.24. The average molecular weight is 585 g/mol. The fourth-order valence-corrected chi connectivity index (χ4v) is 4.26. The van der Waals surface area contributed by atoms with Crippen molar-refractivity contribution >= 4 is 46.3 Å². The first kappa shape index (κ1) is 24.2. The summed E-state index contributed by atoms with van der Waals surface area (Å²) in [5, 5.41) is 13.4. The molecule has 0 aromatic heterocycles. The van der Waals surface area contributed by atoms with Crippen LogP contribution >= 0.6 is 22.6 Å². The Morgan fingerprint density at radius 1 is 1.06 bits per heavy atom. The molecule has 1 fully saturated rings. The predicted molar refractivity (Wildman–Crippen MR) is 137 cm³/mol. The Balaban J connectivity index is 1.51. The largest absolute Gasteiger partial charge is 0.493 e. The molecular weight excluding hydrogens is 565 g/mol. The van der Waals surface area contributed by atoms with E-state index in [4.69, 9.17) is 9.47 Å². The summed E-state index contributed by atoms with van der Waals surface area (Å²) in [7, 11) is 1.51. The maximum absolute atomic E-state index is 12.8. The fraction of sp³-hybridized carbons (Fsp3) is 0.120. The number of methoxy groups -OCH3 is 1. The molecule has 1 aliphatic heterocycles. The second kappa shape index (κ2) is 10.6. The van der Waals surface area contributed by atoms with Crippen LogP contribution in [0.15, 0.2) is 72.4 Å². The van der Waals surface area contributed by atoms with Crippen molar-refractivity contribution in [3.63, 3.8) is 0 Å². The number of nitro benzene ring substituents is 1. The van der Waals surface area contributed by atoms with Gasteiger partial charge < -0.3 is 14.8 Å². The van der Waals surface area contributed by atoms with E-state index in [1.54, 1.807) is 30.3 Å². The minimum Gasteiger partial charge on any atom is -0.493 e. The standard InChI is InChI=1S/C25H20IN3O6/c1-34-22-13-18(11-20(26)23(22)35-15-17-7-9-19(10-8-17)29(32)33)12-21-24(30)28(25(31)27-21)14-16-5-3-2-4-6-16/h2-13H,14-15H2,1H3,(H,27,31)/b21-12+. The number of benzene rings is 3. The molecule has 0 atom stereocenters. The number of carbonyl (C=O) groups is 2. The highest BCUT2D eigenvalue weighted by molar-refractivity contribution is 14.1. The molecule has 0 unspecified atom stereocenters. The maximum atomic E-state index is 12.8. The first-order valence-electron chi connectivity index (χ1n) is 10.5. The molecule has 1 aliphatic rings. The van der Waals surface area contributed by atoms with Crippen LogP contribution in [0.5, 0.6) is 11.5 Å². The topological polar surface area (TPSA) is 111 Å². The highest BCUT2D eigenvalue weighted by Gasteiger charge is 2.33. The third kappa shape index (κ3) is 5.60. The number of nitro groups is 1. The summed E-state index contributed by atoms with van der Waals surface area (Å²) in [6, 6.07) is 18.4. The number of urea groups is 1. The summed E-state index contributed by atoms with van der Waals surface area (Å²) in [4.78, 5) is 36.7. The zero-order chi connectivity index (χ0) is 24.9. The zero-order valence-electron chi connectivity index (χ0n) is 18.6. The van der Waals surface area contributed by atoms with Crippen LogP contribution in [-0.4, -0.2) is 28.9 Å². The molecular formula is C25H20IN3O6. The number of imide groups is 1. The van der Waals surface area contributed by atoms with Crippen LogP contribution < -0.4 is 14.8 Å². The van der Waals surface area contributed by atoms with E-state index < -0.39 is 16.9 Å². The second-order valence-corrected chi connectivity index (χ2v) is 8.77. The van der Waals surface area contributed by atoms with Crippen LogP contribution in [0, 0.1) is 13.7 Å². The molecule has 4 rings (SSSR count). The lowest BCUT2D eigenvalue weighted by Crippen LogP contribution is -2.30. The van der Waals surface area contributed by atoms with E-state index in [1.165, 1.54) is 19.2 Å². The Hall–Kier alpha value is -3.93. The monoisotopic (exact) mass is 585 g/mol. The summed E-state index contributed by atoms with van der Waals surface area (Å²) >= 11 is 2.10. The van der Waals surface area contributed by atoms with Gasteiger partial charge in [0.2, 0.25) is 0 Å². The predicted octanol–water partition coefficient (Wildman–Crippen LogP) is 4.88. The molecule has 0 radical (unpaired) electrons. The summed E-state index contributed by atoms with van der Waals surface area (Å²) in [5.74, 6) is 0.538. The number of nitrogens with zero attached hydrogens (tertiary/aromatic N) is 2. The van der Waals surface area contributed by atoms with Crippen LogP contribution in [-0.2, 0) is 17.9 Å². The van der Waals surface area contributed by atoms with Crippen molar-refractivity contribution in [1.29, 1.82) is 0 Å². The lowest BCUT2D eigenvalue weighted by Gasteiger charge is -2.14. The number of ether oxygens (including phenoxy) is 2. The normalized spacial score (nSPS) is 14.2. The van der Waals surface area contributed by atoms with Gasteiger partial charge in [-0.1, -0.05) is 30.3 Å². The van der Waals surface area contributed by atoms with E-state index in [-0.39, 0.29) is 24.5 Å². The Bertz CT molecular complexity index is 1310. The molecule has 35 heavy (non-hydrogen) atoms. The summed E-state index contributed by atoms with van der Waals surface area (Å²) in [6.07, 6.45) is 1.59. The molecule has 10 heteroatoms. The van der Waals surface area contributed by atoms with Gasteiger partial charge in [-0.15, -0.1) is 0 Å². The molecule has 0 spiro atoms. The highest BCUT2D eigenvalue weighted by Crippen LogP contribution is 2.35. The molecule has 0 aliphatic carbocycles. The van der Waals surface area contributed by atoms with E-state index in [0.29, 0.717) is 17.1 Å². The zero-order valence-corrected chi connectivity index (χ0v) is 20.7. The minimum atomic E-state index is -0.477. The number of nitrogens with one attached hydrogen (secondary N) is 1. The van der Waals surface area contributed by atoms with Crippen molar-refractivity contribution in [2.24, 2.45) is 0 Å². The molecule has 3 aromatic rings. The molecule has 178 valence electrons. The lowest BCUT2D eigenvalue weighted by molar-refractivity contribution is -0.384. The van der Waals surface area contributed by atoms with Gasteiger partial charge in [0.15, 0.2) is 11.5 Å². The maximum Gasteiger partial charge on any atom is 0.329 e. The number of rotatable bonds is 8. The third-order valence-corrected chi connectivity index (χ3v) is 6.04. The molecule has 0 bridgehead atoms. The van der Waals surface area contributed by atoms with Gasteiger partial charge in [0.05, 0.1) is 22.1 Å². The van der Waals surface area contributed by atoms with Gasteiger partial charge in [0.25, 0.3) is 11.6 Å². The molecule has 3 amide bonds. The Morgan fingerprint density at radius 2 is 1.77 bits per heavy atom. The number of halogens is 1. The molecule has 3 aromatic carbocycles. The van der Waals surface area contributed by atoms with E-state index in [1.807, 2.05) is 30.3 Å². The number of hydrogen-bond acceptors (Lipinski definition) is 6. The smallest absolute Gasteiger partial charge is 0.329 e. The van der Waals surface area contributed by atoms with Gasteiger partial charge in [0.1, 0.15) is 12.3 Å². The van der Waals surface area contributed by atoms with Crippen molar-refractivity contribution in [3.05, 3.63) is 103 Å². The van der Waals surface area contributed by atoms with Gasteiger partial charge in [-0.05, 0) is 69.6 Å². The van der Waals surface area contributed by atoms with Gasteiger partial charge in [-0.2, -0.15) is 0 Å². The van der Waals surface area contributed by atoms with Gasteiger partial charge in [0, 0.05) is 12.1 Å². The van der Waals surface area contributed by atoms with Gasteiger partial charge in [-0.3, -0.25) is 19.8 Å². The Labute approximate surface area is 214 Å². The summed E-state index contributed by atoms with van der Waals surface area (Å²) in [6.45, 7) is 0.368. The molecule has 0 saturated carbocycles. The summed E-state index contributed by atoms with van der Waals surface area (Å²) < 4.78 is 12.1. The van der Waals surface area contributed by atoms with Crippen molar-refractivity contribution < 1.29 is 24.0 Å².